The normalized spacial score (nSPS) is 16.3. The molecular formula is C21H21BrN2O4. The predicted octanol–water partition coefficient (Wildman–Crippen LogP) is 4.10. The Bertz CT molecular complexity index is 928. The molecule has 6 nitrogen and oxygen atoms in total. The van der Waals surface area contributed by atoms with E-state index in [9.17, 15) is 9.59 Å². The Morgan fingerprint density at radius 2 is 1.93 bits per heavy atom. The van der Waals surface area contributed by atoms with Crippen molar-refractivity contribution in [2.75, 3.05) is 12.1 Å². The van der Waals surface area contributed by atoms with Crippen molar-refractivity contribution in [1.29, 1.82) is 0 Å². The van der Waals surface area contributed by atoms with Crippen molar-refractivity contribution in [3.63, 3.8) is 0 Å². The Morgan fingerprint density at radius 1 is 1.21 bits per heavy atom. The van der Waals surface area contributed by atoms with E-state index in [4.69, 9.17) is 9.47 Å². The van der Waals surface area contributed by atoms with Crippen LogP contribution in [0.25, 0.3) is 6.08 Å². The standard InChI is InChI=1S/C21H21BrN2O4/c1-4-13(2)28-19-14(10-15(22)12-18(19)27-3)11-17-20(25)23-24(21(17)26)16-8-6-5-7-9-16/h5-13H,4H2,1-3H3,(H,23,25)/b17-11+/t13-/m0/s1. The van der Waals surface area contributed by atoms with Crippen LogP contribution in [0.1, 0.15) is 25.8 Å². The van der Waals surface area contributed by atoms with Crippen LogP contribution in [0.4, 0.5) is 5.69 Å². The zero-order valence-corrected chi connectivity index (χ0v) is 17.4. The van der Waals surface area contributed by atoms with Crippen LogP contribution in [-0.2, 0) is 9.59 Å². The molecule has 0 saturated carbocycles. The van der Waals surface area contributed by atoms with E-state index in [0.717, 1.165) is 10.9 Å². The molecule has 0 aromatic heterocycles. The summed E-state index contributed by atoms with van der Waals surface area (Å²) < 4.78 is 12.2. The number of hydrogen-bond acceptors (Lipinski definition) is 4. The van der Waals surface area contributed by atoms with Crippen molar-refractivity contribution in [3.8, 4) is 11.5 Å². The highest BCUT2D eigenvalue weighted by Crippen LogP contribution is 2.37. The monoisotopic (exact) mass is 444 g/mol. The number of amides is 2. The summed E-state index contributed by atoms with van der Waals surface area (Å²) in [6.07, 6.45) is 2.28. The minimum atomic E-state index is -0.470. The van der Waals surface area contributed by atoms with Gasteiger partial charge in [0.15, 0.2) is 11.5 Å². The van der Waals surface area contributed by atoms with Gasteiger partial charge < -0.3 is 9.47 Å². The number of anilines is 1. The smallest absolute Gasteiger partial charge is 0.282 e. The number of ether oxygens (including phenoxy) is 2. The fourth-order valence-electron chi connectivity index (χ4n) is 2.73. The van der Waals surface area contributed by atoms with Gasteiger partial charge in [-0.3, -0.25) is 15.0 Å². The molecule has 28 heavy (non-hydrogen) atoms. The number of para-hydroxylation sites is 1. The molecule has 0 bridgehead atoms. The van der Waals surface area contributed by atoms with E-state index in [-0.39, 0.29) is 11.7 Å². The third kappa shape index (κ3) is 4.04. The molecule has 1 aliphatic heterocycles. The van der Waals surface area contributed by atoms with Crippen molar-refractivity contribution in [2.45, 2.75) is 26.4 Å². The first kappa shape index (κ1) is 19.9. The fraction of sp³-hybridized carbons (Fsp3) is 0.238. The summed E-state index contributed by atoms with van der Waals surface area (Å²) in [5.74, 6) is 0.116. The molecule has 2 aromatic rings. The molecule has 0 spiro atoms. The van der Waals surface area contributed by atoms with Crippen LogP contribution in [0, 0.1) is 0 Å². The molecule has 3 rings (SSSR count). The summed E-state index contributed by atoms with van der Waals surface area (Å²) >= 11 is 3.44. The summed E-state index contributed by atoms with van der Waals surface area (Å²) in [7, 11) is 1.55. The molecule has 0 radical (unpaired) electrons. The summed E-state index contributed by atoms with van der Waals surface area (Å²) in [6, 6.07) is 12.5. The summed E-state index contributed by atoms with van der Waals surface area (Å²) in [5, 5.41) is 1.23. The second-order valence-electron chi connectivity index (χ2n) is 6.34. The lowest BCUT2D eigenvalue weighted by Gasteiger charge is -2.18. The molecule has 0 aliphatic carbocycles. The number of hydrogen-bond donors (Lipinski definition) is 1. The largest absolute Gasteiger partial charge is 0.493 e. The lowest BCUT2D eigenvalue weighted by atomic mass is 10.1. The summed E-state index contributed by atoms with van der Waals surface area (Å²) in [5.41, 5.74) is 3.80. The van der Waals surface area contributed by atoms with Gasteiger partial charge in [-0.25, -0.2) is 5.01 Å². The van der Waals surface area contributed by atoms with Gasteiger partial charge in [0.2, 0.25) is 0 Å². The second kappa shape index (κ2) is 8.48. The number of carbonyl (C=O) groups excluding carboxylic acids is 2. The van der Waals surface area contributed by atoms with Gasteiger partial charge >= 0.3 is 0 Å². The van der Waals surface area contributed by atoms with Gasteiger partial charge in [-0.1, -0.05) is 41.1 Å². The lowest BCUT2D eigenvalue weighted by Crippen LogP contribution is -2.35. The van der Waals surface area contributed by atoms with Crippen LogP contribution in [0.2, 0.25) is 0 Å². The number of methoxy groups -OCH3 is 1. The van der Waals surface area contributed by atoms with Crippen molar-refractivity contribution in [1.82, 2.24) is 5.43 Å². The first-order valence-corrected chi connectivity index (χ1v) is 9.70. The first-order valence-electron chi connectivity index (χ1n) is 8.91. The molecule has 146 valence electrons. The minimum Gasteiger partial charge on any atom is -0.493 e. The predicted molar refractivity (Wildman–Crippen MR) is 111 cm³/mol. The Hall–Kier alpha value is -2.80. The van der Waals surface area contributed by atoms with E-state index in [1.807, 2.05) is 19.9 Å². The van der Waals surface area contributed by atoms with Crippen molar-refractivity contribution >= 4 is 39.5 Å². The maximum Gasteiger partial charge on any atom is 0.282 e. The van der Waals surface area contributed by atoms with Crippen LogP contribution >= 0.6 is 15.9 Å². The Balaban J connectivity index is 2.04. The molecule has 2 aromatic carbocycles. The second-order valence-corrected chi connectivity index (χ2v) is 7.25. The van der Waals surface area contributed by atoms with E-state index in [2.05, 4.69) is 21.4 Å². The number of nitrogens with one attached hydrogen (secondary N) is 1. The average Bonchev–Trinajstić information content (AvgIpc) is 2.98. The maximum absolute atomic E-state index is 12.8. The number of nitrogens with zero attached hydrogens (tertiary/aromatic N) is 1. The molecule has 1 aliphatic rings. The number of halogens is 1. The lowest BCUT2D eigenvalue weighted by molar-refractivity contribution is -0.117. The van der Waals surface area contributed by atoms with Crippen LogP contribution in [0.3, 0.4) is 0 Å². The van der Waals surface area contributed by atoms with Crippen molar-refractivity contribution in [2.24, 2.45) is 0 Å². The Morgan fingerprint density at radius 3 is 2.57 bits per heavy atom. The van der Waals surface area contributed by atoms with Crippen molar-refractivity contribution < 1.29 is 19.1 Å². The molecule has 0 unspecified atom stereocenters. The van der Waals surface area contributed by atoms with E-state index >= 15 is 0 Å². The highest BCUT2D eigenvalue weighted by molar-refractivity contribution is 9.10. The van der Waals surface area contributed by atoms with Crippen molar-refractivity contribution in [3.05, 3.63) is 58.1 Å². The maximum atomic E-state index is 12.8. The van der Waals surface area contributed by atoms with Crippen LogP contribution in [-0.4, -0.2) is 25.0 Å². The minimum absolute atomic E-state index is 0.0259. The van der Waals surface area contributed by atoms with Crippen LogP contribution in [0.15, 0.2) is 52.5 Å². The molecule has 2 amide bonds. The third-order valence-corrected chi connectivity index (χ3v) is 4.83. The molecule has 1 atom stereocenters. The highest BCUT2D eigenvalue weighted by atomic mass is 79.9. The summed E-state index contributed by atoms with van der Waals surface area (Å²) in [4.78, 5) is 25.3. The zero-order valence-electron chi connectivity index (χ0n) is 15.9. The third-order valence-electron chi connectivity index (χ3n) is 4.37. The number of carbonyl (C=O) groups is 2. The first-order chi connectivity index (χ1) is 13.4. The average molecular weight is 445 g/mol. The van der Waals surface area contributed by atoms with Gasteiger partial charge in [0, 0.05) is 10.0 Å². The quantitative estimate of drug-likeness (QED) is 0.537. The number of rotatable bonds is 6. The topological polar surface area (TPSA) is 67.9 Å². The molecule has 1 N–H and O–H groups in total. The Kier molecular flexibility index (Phi) is 6.04. The fourth-order valence-corrected chi connectivity index (χ4v) is 3.18. The van der Waals surface area contributed by atoms with Crippen LogP contribution in [0.5, 0.6) is 11.5 Å². The molecular weight excluding hydrogens is 424 g/mol. The summed E-state index contributed by atoms with van der Waals surface area (Å²) in [6.45, 7) is 3.96. The van der Waals surface area contributed by atoms with Gasteiger partial charge in [0.1, 0.15) is 5.57 Å². The number of benzene rings is 2. The zero-order chi connectivity index (χ0) is 20.3. The highest BCUT2D eigenvalue weighted by Gasteiger charge is 2.34. The SMILES string of the molecule is CC[C@H](C)Oc1c(/C=C2\C(=O)NN(c3ccccc3)C2=O)cc(Br)cc1OC. The van der Waals surface area contributed by atoms with Gasteiger partial charge in [0.25, 0.3) is 11.8 Å². The number of hydrazine groups is 1. The molecule has 1 saturated heterocycles. The van der Waals surface area contributed by atoms with E-state index in [1.165, 1.54) is 11.1 Å². The van der Waals surface area contributed by atoms with Gasteiger partial charge in [0.05, 0.1) is 18.9 Å². The van der Waals surface area contributed by atoms with Gasteiger partial charge in [-0.05, 0) is 43.7 Å². The molecule has 1 fully saturated rings. The Labute approximate surface area is 172 Å². The van der Waals surface area contributed by atoms with E-state index < -0.39 is 11.8 Å². The van der Waals surface area contributed by atoms with E-state index in [0.29, 0.717) is 22.7 Å². The van der Waals surface area contributed by atoms with Crippen LogP contribution < -0.4 is 19.9 Å². The van der Waals surface area contributed by atoms with E-state index in [1.54, 1.807) is 43.5 Å². The molecule has 1 heterocycles. The molecule has 7 heteroatoms. The van der Waals surface area contributed by atoms with Gasteiger partial charge in [-0.2, -0.15) is 0 Å². The van der Waals surface area contributed by atoms with Gasteiger partial charge in [-0.15, -0.1) is 0 Å².